The number of hydrogen-bond donors (Lipinski definition) is 1. The van der Waals surface area contributed by atoms with Gasteiger partial charge in [-0.2, -0.15) is 0 Å². The minimum absolute atomic E-state index is 0.0664. The van der Waals surface area contributed by atoms with E-state index in [4.69, 9.17) is 15.2 Å². The molecule has 0 saturated heterocycles. The number of halogens is 1. The first-order chi connectivity index (χ1) is 10.7. The zero-order chi connectivity index (χ0) is 15.7. The molecule has 1 aromatic carbocycles. The lowest BCUT2D eigenvalue weighted by Crippen LogP contribution is -1.93. The molecule has 0 spiro atoms. The topological polar surface area (TPSA) is 62.3 Å². The maximum Gasteiger partial charge on any atom is 0.171 e. The van der Waals surface area contributed by atoms with E-state index in [0.29, 0.717) is 23.0 Å². The second kappa shape index (κ2) is 5.76. The molecule has 0 amide bonds. The Bertz CT molecular complexity index is 813. The van der Waals surface area contributed by atoms with Crippen LogP contribution in [0.1, 0.15) is 0 Å². The zero-order valence-electron chi connectivity index (χ0n) is 12.0. The van der Waals surface area contributed by atoms with Gasteiger partial charge in [-0.05, 0) is 24.3 Å². The fourth-order valence-electron chi connectivity index (χ4n) is 2.46. The van der Waals surface area contributed by atoms with E-state index in [1.807, 2.05) is 24.3 Å². The summed E-state index contributed by atoms with van der Waals surface area (Å²) in [6.45, 7) is 0. The molecular formula is C15H14FN3O2S. The van der Waals surface area contributed by atoms with Gasteiger partial charge in [0.15, 0.2) is 18.0 Å². The van der Waals surface area contributed by atoms with Crippen molar-refractivity contribution in [3.05, 3.63) is 36.5 Å². The van der Waals surface area contributed by atoms with Gasteiger partial charge in [0.2, 0.25) is 0 Å². The number of nitrogens with two attached hydrogens (primary N) is 1. The normalized spacial score (nSPS) is 10.9. The van der Waals surface area contributed by atoms with Crippen LogP contribution in [-0.4, -0.2) is 23.2 Å². The first kappa shape index (κ1) is 14.5. The van der Waals surface area contributed by atoms with Crippen molar-refractivity contribution in [2.24, 2.45) is 0 Å². The van der Waals surface area contributed by atoms with Gasteiger partial charge in [-0.3, -0.25) is 0 Å². The Morgan fingerprint density at radius 1 is 1.14 bits per heavy atom. The van der Waals surface area contributed by atoms with E-state index < -0.39 is 0 Å². The Morgan fingerprint density at radius 2 is 1.82 bits per heavy atom. The SMILES string of the molecule is COc1cccc(OC)c1-c1cn(SF)c2nc(N)ccc12. The van der Waals surface area contributed by atoms with E-state index in [1.54, 1.807) is 26.5 Å². The number of rotatable bonds is 4. The highest BCUT2D eigenvalue weighted by atomic mass is 32.2. The van der Waals surface area contributed by atoms with Crippen LogP contribution in [0.25, 0.3) is 22.2 Å². The number of nitrogens with zero attached hydrogens (tertiary/aromatic N) is 2. The molecule has 2 N–H and O–H groups in total. The van der Waals surface area contributed by atoms with Crippen LogP contribution in [0.3, 0.4) is 0 Å². The summed E-state index contributed by atoms with van der Waals surface area (Å²) in [5.74, 6) is 1.61. The highest BCUT2D eigenvalue weighted by Crippen LogP contribution is 2.43. The largest absolute Gasteiger partial charge is 0.496 e. The molecule has 7 heteroatoms. The summed E-state index contributed by atoms with van der Waals surface area (Å²) in [6.07, 6.45) is 1.65. The van der Waals surface area contributed by atoms with Crippen LogP contribution in [0.15, 0.2) is 36.5 Å². The molecule has 114 valence electrons. The summed E-state index contributed by atoms with van der Waals surface area (Å²) in [6, 6.07) is 8.98. The first-order valence-corrected chi connectivity index (χ1v) is 7.15. The molecule has 0 radical (unpaired) electrons. The van der Waals surface area contributed by atoms with Crippen LogP contribution in [0.2, 0.25) is 0 Å². The number of benzene rings is 1. The predicted molar refractivity (Wildman–Crippen MR) is 86.8 cm³/mol. The summed E-state index contributed by atoms with van der Waals surface area (Å²) in [4.78, 5) is 4.20. The Morgan fingerprint density at radius 3 is 2.41 bits per heavy atom. The molecule has 0 aliphatic rings. The van der Waals surface area contributed by atoms with E-state index in [-0.39, 0.29) is 12.3 Å². The average molecular weight is 319 g/mol. The molecule has 0 atom stereocenters. The number of aromatic nitrogens is 2. The molecule has 0 fully saturated rings. The number of pyridine rings is 1. The fourth-order valence-corrected chi connectivity index (χ4v) is 2.81. The third-order valence-corrected chi connectivity index (χ3v) is 3.84. The van der Waals surface area contributed by atoms with E-state index in [9.17, 15) is 3.89 Å². The van der Waals surface area contributed by atoms with Crippen molar-refractivity contribution in [1.82, 2.24) is 8.96 Å². The Balaban J connectivity index is 2.36. The Hall–Kier alpha value is -2.41. The fraction of sp³-hybridized carbons (Fsp3) is 0.133. The maximum atomic E-state index is 13.2. The Kier molecular flexibility index (Phi) is 3.81. The summed E-state index contributed by atoms with van der Waals surface area (Å²) in [5, 5.41) is 0.766. The molecule has 0 saturated carbocycles. The molecule has 2 heterocycles. The highest BCUT2D eigenvalue weighted by molar-refractivity contribution is 7.92. The molecule has 0 aliphatic heterocycles. The van der Waals surface area contributed by atoms with Crippen LogP contribution in [0, 0.1) is 0 Å². The lowest BCUT2D eigenvalue weighted by atomic mass is 10.0. The summed E-state index contributed by atoms with van der Waals surface area (Å²) in [5.41, 5.74) is 7.67. The first-order valence-electron chi connectivity index (χ1n) is 6.47. The van der Waals surface area contributed by atoms with Crippen molar-refractivity contribution in [2.75, 3.05) is 20.0 Å². The lowest BCUT2D eigenvalue weighted by molar-refractivity contribution is 0.397. The van der Waals surface area contributed by atoms with Crippen molar-refractivity contribution in [3.8, 4) is 22.6 Å². The number of fused-ring (bicyclic) bond motifs is 1. The van der Waals surface area contributed by atoms with Crippen LogP contribution in [0.4, 0.5) is 9.70 Å². The van der Waals surface area contributed by atoms with Gasteiger partial charge in [0.05, 0.1) is 19.8 Å². The minimum atomic E-state index is 0.0664. The van der Waals surface area contributed by atoms with Crippen LogP contribution in [-0.2, 0) is 0 Å². The molecule has 3 aromatic rings. The van der Waals surface area contributed by atoms with Crippen molar-refractivity contribution in [3.63, 3.8) is 0 Å². The number of methoxy groups -OCH3 is 2. The zero-order valence-corrected chi connectivity index (χ0v) is 12.9. The molecule has 22 heavy (non-hydrogen) atoms. The quantitative estimate of drug-likeness (QED) is 0.795. The molecule has 5 nitrogen and oxygen atoms in total. The van der Waals surface area contributed by atoms with Gasteiger partial charge in [-0.1, -0.05) is 6.07 Å². The van der Waals surface area contributed by atoms with Crippen molar-refractivity contribution < 1.29 is 13.4 Å². The van der Waals surface area contributed by atoms with Gasteiger partial charge in [0.1, 0.15) is 17.3 Å². The molecule has 0 aliphatic carbocycles. The molecular weight excluding hydrogens is 305 g/mol. The van der Waals surface area contributed by atoms with Gasteiger partial charge >= 0.3 is 0 Å². The molecule has 0 bridgehead atoms. The average Bonchev–Trinajstić information content (AvgIpc) is 2.91. The van der Waals surface area contributed by atoms with Crippen LogP contribution < -0.4 is 15.2 Å². The van der Waals surface area contributed by atoms with Gasteiger partial charge in [-0.25, -0.2) is 8.96 Å². The standard InChI is InChI=1S/C15H14FN3O2S/c1-20-11-4-3-5-12(21-2)14(11)10-8-19(22-16)15-9(10)6-7-13(17)18-15/h3-8H,1-2H3,(H2,17,18). The summed E-state index contributed by atoms with van der Waals surface area (Å²) in [7, 11) is 3.16. The van der Waals surface area contributed by atoms with Crippen molar-refractivity contribution in [2.45, 2.75) is 0 Å². The molecule has 3 rings (SSSR count). The summed E-state index contributed by atoms with van der Waals surface area (Å²) < 4.78 is 25.4. The third kappa shape index (κ3) is 2.23. The van der Waals surface area contributed by atoms with Gasteiger partial charge in [0, 0.05) is 17.1 Å². The van der Waals surface area contributed by atoms with E-state index in [0.717, 1.165) is 16.5 Å². The summed E-state index contributed by atoms with van der Waals surface area (Å²) >= 11 is 0.0664. The van der Waals surface area contributed by atoms with Gasteiger partial charge in [-0.15, -0.1) is 3.89 Å². The van der Waals surface area contributed by atoms with E-state index >= 15 is 0 Å². The second-order valence-corrected chi connectivity index (χ2v) is 5.11. The lowest BCUT2D eigenvalue weighted by Gasteiger charge is -2.12. The van der Waals surface area contributed by atoms with Gasteiger partial charge < -0.3 is 15.2 Å². The number of ether oxygens (including phenoxy) is 2. The molecule has 2 aromatic heterocycles. The van der Waals surface area contributed by atoms with Crippen LogP contribution >= 0.6 is 12.3 Å². The number of nitrogen functional groups attached to an aromatic ring is 1. The smallest absolute Gasteiger partial charge is 0.171 e. The number of hydrogen-bond acceptors (Lipinski definition) is 5. The van der Waals surface area contributed by atoms with Crippen LogP contribution in [0.5, 0.6) is 11.5 Å². The monoisotopic (exact) mass is 319 g/mol. The predicted octanol–water partition coefficient (Wildman–Crippen LogP) is 3.68. The Labute approximate surface area is 131 Å². The number of anilines is 1. The third-order valence-electron chi connectivity index (χ3n) is 3.41. The highest BCUT2D eigenvalue weighted by Gasteiger charge is 2.19. The van der Waals surface area contributed by atoms with Gasteiger partial charge in [0.25, 0.3) is 0 Å². The van der Waals surface area contributed by atoms with E-state index in [2.05, 4.69) is 4.98 Å². The minimum Gasteiger partial charge on any atom is -0.496 e. The second-order valence-electron chi connectivity index (χ2n) is 4.58. The van der Waals surface area contributed by atoms with Crippen molar-refractivity contribution >= 4 is 29.2 Å². The van der Waals surface area contributed by atoms with E-state index in [1.165, 1.54) is 3.97 Å². The maximum absolute atomic E-state index is 13.2. The van der Waals surface area contributed by atoms with Crippen molar-refractivity contribution in [1.29, 1.82) is 0 Å². The molecule has 0 unspecified atom stereocenters.